The SMILES string of the molecule is COc1ccc(C#N)cc1OCCOc1ccc(Cl)c(C)c1. The molecule has 2 aromatic rings. The van der Waals surface area contributed by atoms with E-state index in [-0.39, 0.29) is 0 Å². The smallest absolute Gasteiger partial charge is 0.162 e. The van der Waals surface area contributed by atoms with E-state index < -0.39 is 0 Å². The highest BCUT2D eigenvalue weighted by atomic mass is 35.5. The van der Waals surface area contributed by atoms with Crippen molar-refractivity contribution >= 4 is 11.6 Å². The van der Waals surface area contributed by atoms with Crippen molar-refractivity contribution in [2.45, 2.75) is 6.92 Å². The van der Waals surface area contributed by atoms with Gasteiger partial charge in [0.15, 0.2) is 11.5 Å². The molecule has 0 fully saturated rings. The fraction of sp³-hybridized carbons (Fsp3) is 0.235. The van der Waals surface area contributed by atoms with Gasteiger partial charge in [0, 0.05) is 11.1 Å². The first-order chi connectivity index (χ1) is 10.6. The molecule has 2 rings (SSSR count). The molecule has 0 spiro atoms. The molecule has 114 valence electrons. The normalized spacial score (nSPS) is 9.91. The summed E-state index contributed by atoms with van der Waals surface area (Å²) in [5, 5.41) is 9.62. The molecule has 0 heterocycles. The van der Waals surface area contributed by atoms with Crippen molar-refractivity contribution < 1.29 is 14.2 Å². The molecular weight excluding hydrogens is 302 g/mol. The zero-order valence-electron chi connectivity index (χ0n) is 12.4. The molecule has 0 radical (unpaired) electrons. The quantitative estimate of drug-likeness (QED) is 0.756. The van der Waals surface area contributed by atoms with E-state index in [0.717, 1.165) is 11.3 Å². The highest BCUT2D eigenvalue weighted by Gasteiger charge is 2.06. The van der Waals surface area contributed by atoms with Crippen LogP contribution in [0, 0.1) is 18.3 Å². The maximum Gasteiger partial charge on any atom is 0.162 e. The van der Waals surface area contributed by atoms with Crippen molar-refractivity contribution in [3.63, 3.8) is 0 Å². The van der Waals surface area contributed by atoms with E-state index in [1.54, 1.807) is 31.4 Å². The monoisotopic (exact) mass is 317 g/mol. The molecule has 0 aliphatic heterocycles. The number of benzene rings is 2. The molecule has 0 bridgehead atoms. The minimum Gasteiger partial charge on any atom is -0.493 e. The van der Waals surface area contributed by atoms with E-state index in [0.29, 0.717) is 35.3 Å². The second kappa shape index (κ2) is 7.58. The Labute approximate surface area is 134 Å². The molecule has 22 heavy (non-hydrogen) atoms. The van der Waals surface area contributed by atoms with Crippen molar-refractivity contribution in [1.82, 2.24) is 0 Å². The van der Waals surface area contributed by atoms with E-state index in [1.165, 1.54) is 0 Å². The molecule has 0 unspecified atom stereocenters. The number of methoxy groups -OCH3 is 1. The molecule has 0 aliphatic rings. The van der Waals surface area contributed by atoms with Gasteiger partial charge in [0.2, 0.25) is 0 Å². The number of aryl methyl sites for hydroxylation is 1. The summed E-state index contributed by atoms with van der Waals surface area (Å²) in [5.74, 6) is 1.85. The van der Waals surface area contributed by atoms with Crippen LogP contribution in [0.25, 0.3) is 0 Å². The molecular formula is C17H16ClNO3. The Bertz CT molecular complexity index is 695. The van der Waals surface area contributed by atoms with Gasteiger partial charge in [-0.3, -0.25) is 0 Å². The lowest BCUT2D eigenvalue weighted by Gasteiger charge is -2.12. The molecule has 0 N–H and O–H groups in total. The number of ether oxygens (including phenoxy) is 3. The Morgan fingerprint density at radius 1 is 1.05 bits per heavy atom. The fourth-order valence-electron chi connectivity index (χ4n) is 1.88. The van der Waals surface area contributed by atoms with Crippen LogP contribution in [0.3, 0.4) is 0 Å². The van der Waals surface area contributed by atoms with Crippen LogP contribution in [0.2, 0.25) is 5.02 Å². The summed E-state index contributed by atoms with van der Waals surface area (Å²) < 4.78 is 16.4. The van der Waals surface area contributed by atoms with E-state index in [9.17, 15) is 0 Å². The van der Waals surface area contributed by atoms with Crippen molar-refractivity contribution in [1.29, 1.82) is 5.26 Å². The van der Waals surface area contributed by atoms with Crippen LogP contribution in [0.5, 0.6) is 17.2 Å². The van der Waals surface area contributed by atoms with Gasteiger partial charge in [0.25, 0.3) is 0 Å². The van der Waals surface area contributed by atoms with Crippen molar-refractivity contribution in [3.05, 3.63) is 52.5 Å². The highest BCUT2D eigenvalue weighted by Crippen LogP contribution is 2.27. The third-order valence-corrected chi connectivity index (χ3v) is 3.46. The molecule has 0 amide bonds. The third-order valence-electron chi connectivity index (χ3n) is 3.03. The molecule has 0 saturated carbocycles. The van der Waals surface area contributed by atoms with Crippen LogP contribution < -0.4 is 14.2 Å². The Hall–Kier alpha value is -2.38. The van der Waals surface area contributed by atoms with Crippen LogP contribution in [0.15, 0.2) is 36.4 Å². The molecule has 4 nitrogen and oxygen atoms in total. The number of rotatable bonds is 6. The van der Waals surface area contributed by atoms with E-state index >= 15 is 0 Å². The average molecular weight is 318 g/mol. The number of hydrogen-bond acceptors (Lipinski definition) is 4. The zero-order valence-corrected chi connectivity index (χ0v) is 13.2. The summed E-state index contributed by atoms with van der Waals surface area (Å²) in [6, 6.07) is 12.6. The predicted molar refractivity (Wildman–Crippen MR) is 84.9 cm³/mol. The topological polar surface area (TPSA) is 51.5 Å². The minimum absolute atomic E-state index is 0.340. The summed E-state index contributed by atoms with van der Waals surface area (Å²) in [6.07, 6.45) is 0. The highest BCUT2D eigenvalue weighted by molar-refractivity contribution is 6.31. The lowest BCUT2D eigenvalue weighted by molar-refractivity contribution is 0.211. The second-order valence-electron chi connectivity index (χ2n) is 4.59. The van der Waals surface area contributed by atoms with Crippen LogP contribution in [-0.4, -0.2) is 20.3 Å². The summed E-state index contributed by atoms with van der Waals surface area (Å²) in [4.78, 5) is 0. The average Bonchev–Trinajstić information content (AvgIpc) is 2.54. The Kier molecular flexibility index (Phi) is 5.51. The number of halogens is 1. The third kappa shape index (κ3) is 4.06. The largest absolute Gasteiger partial charge is 0.493 e. The lowest BCUT2D eigenvalue weighted by atomic mass is 10.2. The maximum atomic E-state index is 8.91. The Balaban J connectivity index is 1.91. The molecule has 0 atom stereocenters. The van der Waals surface area contributed by atoms with Gasteiger partial charge in [-0.05, 0) is 42.8 Å². The zero-order chi connectivity index (χ0) is 15.9. The van der Waals surface area contributed by atoms with Gasteiger partial charge < -0.3 is 14.2 Å². The molecule has 5 heteroatoms. The van der Waals surface area contributed by atoms with Crippen molar-refractivity contribution in [3.8, 4) is 23.3 Å². The van der Waals surface area contributed by atoms with Crippen molar-refractivity contribution in [2.24, 2.45) is 0 Å². The van der Waals surface area contributed by atoms with Crippen LogP contribution in [-0.2, 0) is 0 Å². The fourth-order valence-corrected chi connectivity index (χ4v) is 1.99. The maximum absolute atomic E-state index is 8.91. The minimum atomic E-state index is 0.340. The van der Waals surface area contributed by atoms with E-state index in [1.807, 2.05) is 19.1 Å². The van der Waals surface area contributed by atoms with Crippen LogP contribution >= 0.6 is 11.6 Å². The number of nitriles is 1. The van der Waals surface area contributed by atoms with Crippen molar-refractivity contribution in [2.75, 3.05) is 20.3 Å². The van der Waals surface area contributed by atoms with Crippen LogP contribution in [0.4, 0.5) is 0 Å². The van der Waals surface area contributed by atoms with Gasteiger partial charge in [-0.15, -0.1) is 0 Å². The number of hydrogen-bond donors (Lipinski definition) is 0. The second-order valence-corrected chi connectivity index (χ2v) is 4.99. The first-order valence-corrected chi connectivity index (χ1v) is 7.11. The lowest BCUT2D eigenvalue weighted by Crippen LogP contribution is -2.09. The molecule has 0 aromatic heterocycles. The predicted octanol–water partition coefficient (Wildman–Crippen LogP) is 3.99. The standard InChI is InChI=1S/C17H16ClNO3/c1-12-9-14(4-5-15(12)18)21-7-8-22-17-10-13(11-19)3-6-16(17)20-2/h3-6,9-10H,7-8H2,1-2H3. The van der Waals surface area contributed by atoms with Gasteiger partial charge in [-0.25, -0.2) is 0 Å². The molecule has 2 aromatic carbocycles. The Morgan fingerprint density at radius 2 is 1.82 bits per heavy atom. The van der Waals surface area contributed by atoms with Gasteiger partial charge in [0.1, 0.15) is 19.0 Å². The first-order valence-electron chi connectivity index (χ1n) is 6.74. The molecule has 0 saturated heterocycles. The Morgan fingerprint density at radius 3 is 2.50 bits per heavy atom. The van der Waals surface area contributed by atoms with Gasteiger partial charge >= 0.3 is 0 Å². The summed E-state index contributed by atoms with van der Waals surface area (Å²) >= 11 is 5.96. The van der Waals surface area contributed by atoms with E-state index in [2.05, 4.69) is 6.07 Å². The molecule has 0 aliphatic carbocycles. The van der Waals surface area contributed by atoms with E-state index in [4.69, 9.17) is 31.1 Å². The van der Waals surface area contributed by atoms with Crippen LogP contribution in [0.1, 0.15) is 11.1 Å². The van der Waals surface area contributed by atoms with Gasteiger partial charge in [-0.2, -0.15) is 5.26 Å². The summed E-state index contributed by atoms with van der Waals surface area (Å²) in [5.41, 5.74) is 1.48. The van der Waals surface area contributed by atoms with Gasteiger partial charge in [-0.1, -0.05) is 11.6 Å². The van der Waals surface area contributed by atoms with Gasteiger partial charge in [0.05, 0.1) is 18.7 Å². The summed E-state index contributed by atoms with van der Waals surface area (Å²) in [7, 11) is 1.56. The number of nitrogens with zero attached hydrogens (tertiary/aromatic N) is 1. The summed E-state index contributed by atoms with van der Waals surface area (Å²) in [6.45, 7) is 2.64. The first kappa shape index (κ1) is 16.0.